The number of hydrogen-bond acceptors (Lipinski definition) is 7. The minimum absolute atomic E-state index is 0.221. The van der Waals surface area contributed by atoms with Gasteiger partial charge in [0.15, 0.2) is 5.41 Å². The minimum Gasteiger partial charge on any atom is -0.468 e. The van der Waals surface area contributed by atoms with Crippen LogP contribution in [0, 0.1) is 5.41 Å². The maximum Gasteiger partial charge on any atom is 0.324 e. The van der Waals surface area contributed by atoms with Crippen molar-refractivity contribution in [1.29, 1.82) is 0 Å². The van der Waals surface area contributed by atoms with Gasteiger partial charge in [-0.3, -0.25) is 13.8 Å². The predicted molar refractivity (Wildman–Crippen MR) is 101 cm³/mol. The fourth-order valence-electron chi connectivity index (χ4n) is 2.91. The summed E-state index contributed by atoms with van der Waals surface area (Å²) in [4.78, 5) is 24.1. The molecule has 1 aliphatic rings. The maximum absolute atomic E-state index is 12.1. The molecule has 0 N–H and O–H groups in total. The summed E-state index contributed by atoms with van der Waals surface area (Å²) in [6.45, 7) is 3.65. The second kappa shape index (κ2) is 8.77. The van der Waals surface area contributed by atoms with Crippen molar-refractivity contribution in [2.75, 3.05) is 27.1 Å². The number of esters is 2. The number of hydrogen-bond donors (Lipinski definition) is 0. The van der Waals surface area contributed by atoms with Crippen LogP contribution in [0.15, 0.2) is 18.2 Å². The molecule has 1 aromatic carbocycles. The standard InChI is InChI=1S/C14H14Cl2O4.C3H8O3S/c1-13(8-4-5-9(15)10(16)6-8)7-14(13,11(17)19-2)12(18)20-3;1-3-6-7(2,4)5/h4-6H,7H2,1-3H3;3H2,1-2H3. The molecule has 0 saturated heterocycles. The van der Waals surface area contributed by atoms with Gasteiger partial charge in [0.05, 0.1) is 37.1 Å². The molecule has 0 heterocycles. The van der Waals surface area contributed by atoms with E-state index in [0.29, 0.717) is 16.5 Å². The summed E-state index contributed by atoms with van der Waals surface area (Å²) >= 11 is 11.9. The molecule has 2 rings (SSSR count). The monoisotopic (exact) mass is 440 g/mol. The lowest BCUT2D eigenvalue weighted by atomic mass is 9.87. The van der Waals surface area contributed by atoms with Gasteiger partial charge in [0.2, 0.25) is 0 Å². The van der Waals surface area contributed by atoms with Gasteiger partial charge in [-0.25, -0.2) is 0 Å². The van der Waals surface area contributed by atoms with E-state index in [1.807, 2.05) is 0 Å². The second-order valence-corrected chi connectivity index (χ2v) is 8.60. The van der Waals surface area contributed by atoms with Crippen LogP contribution in [0.2, 0.25) is 10.0 Å². The van der Waals surface area contributed by atoms with Gasteiger partial charge in [-0.1, -0.05) is 36.2 Å². The van der Waals surface area contributed by atoms with Crippen molar-refractivity contribution in [1.82, 2.24) is 0 Å². The Balaban J connectivity index is 0.000000445. The van der Waals surface area contributed by atoms with Crippen molar-refractivity contribution in [2.24, 2.45) is 5.41 Å². The molecule has 0 aliphatic heterocycles. The summed E-state index contributed by atoms with van der Waals surface area (Å²) < 4.78 is 33.8. The molecule has 10 heteroatoms. The highest BCUT2D eigenvalue weighted by atomic mass is 35.5. The summed E-state index contributed by atoms with van der Waals surface area (Å²) in [6, 6.07) is 5.06. The summed E-state index contributed by atoms with van der Waals surface area (Å²) in [7, 11) is -0.673. The number of halogens is 2. The molecule has 7 nitrogen and oxygen atoms in total. The lowest BCUT2D eigenvalue weighted by Gasteiger charge is -2.19. The number of ether oxygens (including phenoxy) is 2. The molecule has 0 radical (unpaired) electrons. The van der Waals surface area contributed by atoms with Crippen molar-refractivity contribution in [2.45, 2.75) is 25.7 Å². The van der Waals surface area contributed by atoms with Gasteiger partial charge in [0.1, 0.15) is 0 Å². The highest BCUT2D eigenvalue weighted by Crippen LogP contribution is 2.66. The minimum atomic E-state index is -3.17. The first-order valence-corrected chi connectivity index (χ1v) is 10.4. The van der Waals surface area contributed by atoms with E-state index in [-0.39, 0.29) is 6.61 Å². The van der Waals surface area contributed by atoms with Crippen LogP contribution in [0.5, 0.6) is 0 Å². The average molecular weight is 441 g/mol. The van der Waals surface area contributed by atoms with E-state index in [2.05, 4.69) is 4.18 Å². The third-order valence-corrected chi connectivity index (χ3v) is 5.79. The van der Waals surface area contributed by atoms with Gasteiger partial charge in [-0.15, -0.1) is 0 Å². The molecule has 152 valence electrons. The van der Waals surface area contributed by atoms with Crippen molar-refractivity contribution in [3.05, 3.63) is 33.8 Å². The van der Waals surface area contributed by atoms with Gasteiger partial charge in [0, 0.05) is 5.41 Å². The van der Waals surface area contributed by atoms with Crippen molar-refractivity contribution in [3.63, 3.8) is 0 Å². The van der Waals surface area contributed by atoms with Crippen LogP contribution in [0.25, 0.3) is 0 Å². The van der Waals surface area contributed by atoms with Crippen molar-refractivity contribution in [3.8, 4) is 0 Å². The zero-order valence-corrected chi connectivity index (χ0v) is 18.0. The molecule has 0 bridgehead atoms. The molecule has 1 atom stereocenters. The molecule has 1 aliphatic carbocycles. The van der Waals surface area contributed by atoms with Crippen LogP contribution in [0.1, 0.15) is 25.8 Å². The molecule has 0 amide bonds. The van der Waals surface area contributed by atoms with E-state index in [9.17, 15) is 18.0 Å². The van der Waals surface area contributed by atoms with Crippen LogP contribution in [0.3, 0.4) is 0 Å². The Bertz CT molecular complexity index is 807. The number of carbonyl (C=O) groups excluding carboxylic acids is 2. The molecule has 1 fully saturated rings. The molecule has 27 heavy (non-hydrogen) atoms. The highest BCUT2D eigenvalue weighted by molar-refractivity contribution is 7.85. The average Bonchev–Trinajstić information content (AvgIpc) is 3.24. The Morgan fingerprint density at radius 2 is 1.63 bits per heavy atom. The maximum atomic E-state index is 12.1. The first-order chi connectivity index (χ1) is 12.4. The van der Waals surface area contributed by atoms with E-state index in [4.69, 9.17) is 32.7 Å². The number of benzene rings is 1. The van der Waals surface area contributed by atoms with Crippen molar-refractivity contribution < 1.29 is 31.7 Å². The van der Waals surface area contributed by atoms with Gasteiger partial charge >= 0.3 is 11.9 Å². The van der Waals surface area contributed by atoms with Gasteiger partial charge in [0.25, 0.3) is 10.1 Å². The van der Waals surface area contributed by atoms with E-state index >= 15 is 0 Å². The smallest absolute Gasteiger partial charge is 0.324 e. The Morgan fingerprint density at radius 3 is 1.96 bits per heavy atom. The zero-order chi connectivity index (χ0) is 21.0. The van der Waals surface area contributed by atoms with Gasteiger partial charge in [-0.05, 0) is 31.0 Å². The highest BCUT2D eigenvalue weighted by Gasteiger charge is 2.76. The Hall–Kier alpha value is -1.35. The molecule has 1 unspecified atom stereocenters. The van der Waals surface area contributed by atoms with Crippen LogP contribution < -0.4 is 0 Å². The van der Waals surface area contributed by atoms with E-state index < -0.39 is 32.9 Å². The van der Waals surface area contributed by atoms with E-state index in [1.54, 1.807) is 32.0 Å². The lowest BCUT2D eigenvalue weighted by Crippen LogP contribution is -2.35. The Morgan fingerprint density at radius 1 is 1.11 bits per heavy atom. The summed E-state index contributed by atoms with van der Waals surface area (Å²) in [5.41, 5.74) is -1.27. The normalized spacial score (nSPS) is 20.1. The molecular formula is C17H22Cl2O7S. The summed E-state index contributed by atoms with van der Waals surface area (Å²) in [5.74, 6) is -1.20. The third kappa shape index (κ3) is 4.93. The number of rotatable bonds is 5. The molecule has 0 spiro atoms. The lowest BCUT2D eigenvalue weighted by molar-refractivity contribution is -0.162. The Labute approximate surface area is 169 Å². The fourth-order valence-corrected chi connectivity index (χ4v) is 3.64. The van der Waals surface area contributed by atoms with Crippen LogP contribution in [-0.4, -0.2) is 47.4 Å². The van der Waals surface area contributed by atoms with E-state index in [1.165, 1.54) is 14.2 Å². The number of carbonyl (C=O) groups is 2. The summed E-state index contributed by atoms with van der Waals surface area (Å²) in [6.07, 6.45) is 1.34. The largest absolute Gasteiger partial charge is 0.468 e. The molecule has 1 saturated carbocycles. The topological polar surface area (TPSA) is 96.0 Å². The van der Waals surface area contributed by atoms with Crippen molar-refractivity contribution >= 4 is 45.3 Å². The van der Waals surface area contributed by atoms with Crippen LogP contribution >= 0.6 is 23.2 Å². The quantitative estimate of drug-likeness (QED) is 0.394. The summed E-state index contributed by atoms with van der Waals surface area (Å²) in [5, 5.41) is 0.794. The van der Waals surface area contributed by atoms with Gasteiger partial charge in [-0.2, -0.15) is 8.42 Å². The first-order valence-electron chi connectivity index (χ1n) is 7.86. The van der Waals surface area contributed by atoms with Crippen LogP contribution in [0.4, 0.5) is 0 Å². The molecule has 1 aromatic rings. The predicted octanol–water partition coefficient (Wildman–Crippen LogP) is 2.97. The van der Waals surface area contributed by atoms with Crippen LogP contribution in [-0.2, 0) is 38.8 Å². The SMILES string of the molecule is CCOS(C)(=O)=O.COC(=O)C1(C(=O)OC)CC1(C)c1ccc(Cl)c(Cl)c1. The van der Waals surface area contributed by atoms with E-state index in [0.717, 1.165) is 11.8 Å². The second-order valence-electron chi connectivity index (χ2n) is 6.14. The Kier molecular flexibility index (Phi) is 7.69. The zero-order valence-electron chi connectivity index (χ0n) is 15.7. The number of methoxy groups -OCH3 is 2. The fraction of sp³-hybridized carbons (Fsp3) is 0.529. The van der Waals surface area contributed by atoms with Gasteiger partial charge < -0.3 is 9.47 Å². The molecular weight excluding hydrogens is 419 g/mol. The third-order valence-electron chi connectivity index (χ3n) is 4.39. The first kappa shape index (κ1) is 23.7. The molecule has 0 aromatic heterocycles.